The predicted molar refractivity (Wildman–Crippen MR) is 66.4 cm³/mol. The summed E-state index contributed by atoms with van der Waals surface area (Å²) in [5, 5.41) is 1.08. The van der Waals surface area contributed by atoms with Gasteiger partial charge in [0.1, 0.15) is 11.3 Å². The standard InChI is InChI=1S/C13H11N3O/c1-8-3-2-4-9-5-11(17-12(8)9)10-6-15-13(14)16-7-10/h2-7H,1H3,(H2,14,15,16). The molecule has 84 valence electrons. The summed E-state index contributed by atoms with van der Waals surface area (Å²) in [6.07, 6.45) is 3.32. The fraction of sp³-hybridized carbons (Fsp3) is 0.0769. The van der Waals surface area contributed by atoms with Gasteiger partial charge in [0.15, 0.2) is 0 Å². The Morgan fingerprint density at radius 1 is 1.18 bits per heavy atom. The fourth-order valence-corrected chi connectivity index (χ4v) is 1.82. The zero-order chi connectivity index (χ0) is 11.8. The lowest BCUT2D eigenvalue weighted by Crippen LogP contribution is -1.92. The maximum atomic E-state index is 5.80. The summed E-state index contributed by atoms with van der Waals surface area (Å²) in [4.78, 5) is 7.91. The Hall–Kier alpha value is -2.36. The zero-order valence-corrected chi connectivity index (χ0v) is 9.34. The Kier molecular flexibility index (Phi) is 2.08. The summed E-state index contributed by atoms with van der Waals surface area (Å²) in [5.74, 6) is 1.02. The number of hydrogen-bond acceptors (Lipinski definition) is 4. The number of nitrogens with zero attached hydrogens (tertiary/aromatic N) is 2. The average Bonchev–Trinajstić information content (AvgIpc) is 2.75. The van der Waals surface area contributed by atoms with Crippen LogP contribution in [0.25, 0.3) is 22.3 Å². The van der Waals surface area contributed by atoms with Crippen molar-refractivity contribution >= 4 is 16.9 Å². The monoisotopic (exact) mass is 225 g/mol. The number of anilines is 1. The number of furan rings is 1. The third-order valence-electron chi connectivity index (χ3n) is 2.70. The van der Waals surface area contributed by atoms with Crippen molar-refractivity contribution < 1.29 is 4.42 Å². The molecule has 4 heteroatoms. The minimum Gasteiger partial charge on any atom is -0.456 e. The lowest BCUT2D eigenvalue weighted by atomic mass is 10.1. The van der Waals surface area contributed by atoms with Crippen molar-refractivity contribution in [3.63, 3.8) is 0 Å². The zero-order valence-electron chi connectivity index (χ0n) is 9.34. The first kappa shape index (κ1) is 9.84. The molecule has 0 aliphatic heterocycles. The van der Waals surface area contributed by atoms with Crippen LogP contribution in [0.4, 0.5) is 5.95 Å². The molecular formula is C13H11N3O. The number of nitrogens with two attached hydrogens (primary N) is 1. The van der Waals surface area contributed by atoms with Crippen LogP contribution in [-0.4, -0.2) is 9.97 Å². The molecule has 0 aliphatic rings. The van der Waals surface area contributed by atoms with Crippen molar-refractivity contribution in [1.82, 2.24) is 9.97 Å². The molecule has 0 amide bonds. The molecule has 0 aliphatic carbocycles. The van der Waals surface area contributed by atoms with Crippen molar-refractivity contribution in [1.29, 1.82) is 0 Å². The Balaban J connectivity index is 2.18. The third kappa shape index (κ3) is 1.63. The van der Waals surface area contributed by atoms with Crippen LogP contribution < -0.4 is 5.73 Å². The number of aromatic nitrogens is 2. The number of benzene rings is 1. The first-order chi connectivity index (χ1) is 8.24. The number of hydrogen-bond donors (Lipinski definition) is 1. The number of fused-ring (bicyclic) bond motifs is 1. The molecule has 4 nitrogen and oxygen atoms in total. The molecule has 0 spiro atoms. The molecule has 0 fully saturated rings. The molecule has 2 heterocycles. The quantitative estimate of drug-likeness (QED) is 0.691. The Morgan fingerprint density at radius 2 is 1.94 bits per heavy atom. The van der Waals surface area contributed by atoms with Gasteiger partial charge in [0.05, 0.1) is 5.56 Å². The van der Waals surface area contributed by atoms with Crippen molar-refractivity contribution in [2.75, 3.05) is 5.73 Å². The maximum absolute atomic E-state index is 5.80. The van der Waals surface area contributed by atoms with E-state index < -0.39 is 0 Å². The van der Waals surface area contributed by atoms with Gasteiger partial charge in [0.2, 0.25) is 5.95 Å². The molecular weight excluding hydrogens is 214 g/mol. The minimum absolute atomic E-state index is 0.265. The van der Waals surface area contributed by atoms with Crippen molar-refractivity contribution in [3.8, 4) is 11.3 Å². The summed E-state index contributed by atoms with van der Waals surface area (Å²) in [6.45, 7) is 2.02. The summed E-state index contributed by atoms with van der Waals surface area (Å²) in [7, 11) is 0. The van der Waals surface area contributed by atoms with E-state index in [9.17, 15) is 0 Å². The van der Waals surface area contributed by atoms with Gasteiger partial charge in [-0.3, -0.25) is 0 Å². The first-order valence-electron chi connectivity index (χ1n) is 5.31. The highest BCUT2D eigenvalue weighted by molar-refractivity contribution is 5.84. The number of rotatable bonds is 1. The van der Waals surface area contributed by atoms with Gasteiger partial charge in [0.25, 0.3) is 0 Å². The van der Waals surface area contributed by atoms with E-state index in [4.69, 9.17) is 10.2 Å². The molecule has 3 aromatic rings. The van der Waals surface area contributed by atoms with E-state index in [1.54, 1.807) is 12.4 Å². The number of aryl methyl sites for hydroxylation is 1. The van der Waals surface area contributed by atoms with Crippen molar-refractivity contribution in [2.45, 2.75) is 6.92 Å². The summed E-state index contributed by atoms with van der Waals surface area (Å²) in [5.41, 5.74) is 8.30. The molecule has 0 radical (unpaired) electrons. The van der Waals surface area contributed by atoms with Crippen LogP contribution in [-0.2, 0) is 0 Å². The highest BCUT2D eigenvalue weighted by Crippen LogP contribution is 2.28. The van der Waals surface area contributed by atoms with Crippen LogP contribution in [0.15, 0.2) is 41.1 Å². The second-order valence-electron chi connectivity index (χ2n) is 3.93. The van der Waals surface area contributed by atoms with Crippen LogP contribution in [0, 0.1) is 6.92 Å². The second-order valence-corrected chi connectivity index (χ2v) is 3.93. The van der Waals surface area contributed by atoms with Crippen LogP contribution in [0.3, 0.4) is 0 Å². The molecule has 3 rings (SSSR count). The van der Waals surface area contributed by atoms with Gasteiger partial charge in [-0.15, -0.1) is 0 Å². The van der Waals surface area contributed by atoms with Crippen LogP contribution in [0.1, 0.15) is 5.56 Å². The fourth-order valence-electron chi connectivity index (χ4n) is 1.82. The van der Waals surface area contributed by atoms with Crippen LogP contribution in [0.5, 0.6) is 0 Å². The third-order valence-corrected chi connectivity index (χ3v) is 2.70. The number of para-hydroxylation sites is 1. The lowest BCUT2D eigenvalue weighted by molar-refractivity contribution is 0.628. The van der Waals surface area contributed by atoms with E-state index in [0.717, 1.165) is 27.9 Å². The maximum Gasteiger partial charge on any atom is 0.219 e. The van der Waals surface area contributed by atoms with Crippen LogP contribution >= 0.6 is 0 Å². The SMILES string of the molecule is Cc1cccc2cc(-c3cnc(N)nc3)oc12. The Bertz CT molecular complexity index is 671. The molecule has 17 heavy (non-hydrogen) atoms. The largest absolute Gasteiger partial charge is 0.456 e. The van der Waals surface area contributed by atoms with Gasteiger partial charge in [-0.25, -0.2) is 9.97 Å². The topological polar surface area (TPSA) is 64.9 Å². The Labute approximate surface area is 98.1 Å². The molecule has 0 saturated carbocycles. The molecule has 2 aromatic heterocycles. The smallest absolute Gasteiger partial charge is 0.219 e. The highest BCUT2D eigenvalue weighted by Gasteiger charge is 2.08. The van der Waals surface area contributed by atoms with Gasteiger partial charge in [-0.1, -0.05) is 18.2 Å². The van der Waals surface area contributed by atoms with E-state index >= 15 is 0 Å². The molecule has 0 bridgehead atoms. The summed E-state index contributed by atoms with van der Waals surface area (Å²) >= 11 is 0. The van der Waals surface area contributed by atoms with Gasteiger partial charge >= 0.3 is 0 Å². The van der Waals surface area contributed by atoms with Gasteiger partial charge in [0, 0.05) is 17.8 Å². The predicted octanol–water partition coefficient (Wildman–Crippen LogP) is 2.78. The van der Waals surface area contributed by atoms with Gasteiger partial charge in [-0.05, 0) is 18.6 Å². The molecule has 0 unspecified atom stereocenters. The Morgan fingerprint density at radius 3 is 2.65 bits per heavy atom. The average molecular weight is 225 g/mol. The highest BCUT2D eigenvalue weighted by atomic mass is 16.3. The van der Waals surface area contributed by atoms with Gasteiger partial charge < -0.3 is 10.2 Å². The first-order valence-corrected chi connectivity index (χ1v) is 5.31. The molecule has 1 aromatic carbocycles. The molecule has 0 atom stereocenters. The lowest BCUT2D eigenvalue weighted by Gasteiger charge is -1.95. The van der Waals surface area contributed by atoms with E-state index in [1.807, 2.05) is 31.2 Å². The van der Waals surface area contributed by atoms with E-state index in [2.05, 4.69) is 9.97 Å². The molecule has 2 N–H and O–H groups in total. The number of nitrogen functional groups attached to an aromatic ring is 1. The van der Waals surface area contributed by atoms with E-state index in [0.29, 0.717) is 0 Å². The second kappa shape index (κ2) is 3.59. The summed E-state index contributed by atoms with van der Waals surface area (Å²) < 4.78 is 5.80. The van der Waals surface area contributed by atoms with Crippen LogP contribution in [0.2, 0.25) is 0 Å². The molecule has 0 saturated heterocycles. The normalized spacial score (nSPS) is 10.9. The van der Waals surface area contributed by atoms with Crippen molar-refractivity contribution in [3.05, 3.63) is 42.2 Å². The van der Waals surface area contributed by atoms with Gasteiger partial charge in [-0.2, -0.15) is 0 Å². The van der Waals surface area contributed by atoms with Crippen molar-refractivity contribution in [2.24, 2.45) is 0 Å². The summed E-state index contributed by atoms with van der Waals surface area (Å²) in [6, 6.07) is 8.04. The minimum atomic E-state index is 0.265. The van der Waals surface area contributed by atoms with E-state index in [-0.39, 0.29) is 5.95 Å². The van der Waals surface area contributed by atoms with E-state index in [1.165, 1.54) is 0 Å².